The van der Waals surface area contributed by atoms with Crippen LogP contribution in [0.3, 0.4) is 0 Å². The van der Waals surface area contributed by atoms with E-state index in [0.717, 1.165) is 37.2 Å². The Morgan fingerprint density at radius 1 is 1.33 bits per heavy atom. The van der Waals surface area contributed by atoms with E-state index in [2.05, 4.69) is 19.2 Å². The molecular formula is C16H22N2O3. The molecule has 0 unspecified atom stereocenters. The number of benzene rings is 1. The second-order valence-corrected chi connectivity index (χ2v) is 6.11. The highest BCUT2D eigenvalue weighted by Crippen LogP contribution is 2.34. The molecule has 1 aromatic carbocycles. The zero-order valence-corrected chi connectivity index (χ0v) is 12.6. The number of urea groups is 1. The molecule has 0 atom stereocenters. The highest BCUT2D eigenvalue weighted by molar-refractivity contribution is 5.90. The Labute approximate surface area is 125 Å². The van der Waals surface area contributed by atoms with Gasteiger partial charge in [0.25, 0.3) is 0 Å². The molecule has 0 radical (unpaired) electrons. The van der Waals surface area contributed by atoms with E-state index in [0.29, 0.717) is 17.7 Å². The maximum absolute atomic E-state index is 12.4. The molecule has 2 amide bonds. The van der Waals surface area contributed by atoms with Crippen LogP contribution in [0.2, 0.25) is 0 Å². The van der Waals surface area contributed by atoms with Gasteiger partial charge in [-0.05, 0) is 37.3 Å². The molecule has 1 aliphatic heterocycles. The van der Waals surface area contributed by atoms with Gasteiger partial charge in [0.1, 0.15) is 0 Å². The molecule has 114 valence electrons. The van der Waals surface area contributed by atoms with Crippen molar-refractivity contribution in [3.05, 3.63) is 18.2 Å². The van der Waals surface area contributed by atoms with Gasteiger partial charge in [-0.3, -0.25) is 0 Å². The zero-order chi connectivity index (χ0) is 14.8. The highest BCUT2D eigenvalue weighted by atomic mass is 16.7. The summed E-state index contributed by atoms with van der Waals surface area (Å²) in [6, 6.07) is 5.88. The Kier molecular flexibility index (Phi) is 3.90. The summed E-state index contributed by atoms with van der Waals surface area (Å²) >= 11 is 0. The quantitative estimate of drug-likeness (QED) is 0.903. The minimum Gasteiger partial charge on any atom is -0.454 e. The van der Waals surface area contributed by atoms with Crippen molar-refractivity contribution in [2.75, 3.05) is 18.7 Å². The number of anilines is 1. The van der Waals surface area contributed by atoms with Gasteiger partial charge in [0.05, 0.1) is 0 Å². The van der Waals surface area contributed by atoms with Crippen molar-refractivity contribution in [2.24, 2.45) is 5.92 Å². The standard InChI is InChI=1S/C16H22N2O3/c1-11(2)7-8-18(13-4-5-13)16(19)17-12-3-6-14-15(9-12)21-10-20-14/h3,6,9,11,13H,4-5,7-8,10H2,1-2H3,(H,17,19). The third-order valence-electron chi connectivity index (χ3n) is 3.82. The molecule has 0 bridgehead atoms. The first-order chi connectivity index (χ1) is 10.1. The van der Waals surface area contributed by atoms with Crippen LogP contribution in [0.1, 0.15) is 33.1 Å². The van der Waals surface area contributed by atoms with Crippen LogP contribution in [0.4, 0.5) is 10.5 Å². The summed E-state index contributed by atoms with van der Waals surface area (Å²) in [6.07, 6.45) is 3.27. The van der Waals surface area contributed by atoms with E-state index in [1.807, 2.05) is 23.1 Å². The third kappa shape index (κ3) is 3.40. The normalized spacial score (nSPS) is 16.1. The largest absolute Gasteiger partial charge is 0.454 e. The summed E-state index contributed by atoms with van der Waals surface area (Å²) in [5.74, 6) is 2.02. The van der Waals surface area contributed by atoms with Crippen LogP contribution >= 0.6 is 0 Å². The fourth-order valence-corrected chi connectivity index (χ4v) is 2.40. The first kappa shape index (κ1) is 14.0. The molecule has 1 aliphatic carbocycles. The van der Waals surface area contributed by atoms with Gasteiger partial charge in [-0.25, -0.2) is 4.79 Å². The van der Waals surface area contributed by atoms with Crippen molar-refractivity contribution in [1.29, 1.82) is 0 Å². The van der Waals surface area contributed by atoms with Crippen molar-refractivity contribution >= 4 is 11.7 Å². The predicted molar refractivity (Wildman–Crippen MR) is 80.8 cm³/mol. The van der Waals surface area contributed by atoms with Gasteiger partial charge in [-0.1, -0.05) is 13.8 Å². The second-order valence-electron chi connectivity index (χ2n) is 6.11. The minimum absolute atomic E-state index is 0.0167. The van der Waals surface area contributed by atoms with Crippen molar-refractivity contribution < 1.29 is 14.3 Å². The van der Waals surface area contributed by atoms with Gasteiger partial charge in [0, 0.05) is 24.3 Å². The van der Waals surface area contributed by atoms with Crippen molar-refractivity contribution in [1.82, 2.24) is 4.90 Å². The molecule has 2 aliphatic rings. The maximum atomic E-state index is 12.4. The van der Waals surface area contributed by atoms with Crippen LogP contribution < -0.4 is 14.8 Å². The molecule has 1 heterocycles. The van der Waals surface area contributed by atoms with Crippen LogP contribution in [-0.4, -0.2) is 30.3 Å². The Morgan fingerprint density at radius 2 is 2.10 bits per heavy atom. The SMILES string of the molecule is CC(C)CCN(C(=O)Nc1ccc2c(c1)OCO2)C1CC1. The van der Waals surface area contributed by atoms with E-state index >= 15 is 0 Å². The number of ether oxygens (including phenoxy) is 2. The molecule has 1 aromatic rings. The second kappa shape index (κ2) is 5.84. The molecule has 0 aromatic heterocycles. The average Bonchev–Trinajstić information content (AvgIpc) is 3.16. The molecule has 1 N–H and O–H groups in total. The van der Waals surface area contributed by atoms with Crippen LogP contribution in [0.5, 0.6) is 11.5 Å². The lowest BCUT2D eigenvalue weighted by atomic mass is 10.1. The Bertz CT molecular complexity index is 526. The number of nitrogens with one attached hydrogen (secondary N) is 1. The summed E-state index contributed by atoms with van der Waals surface area (Å²) in [6.45, 7) is 5.43. The van der Waals surface area contributed by atoms with E-state index in [4.69, 9.17) is 9.47 Å². The summed E-state index contributed by atoms with van der Waals surface area (Å²) in [5.41, 5.74) is 0.749. The van der Waals surface area contributed by atoms with E-state index in [9.17, 15) is 4.79 Å². The first-order valence-electron chi connectivity index (χ1n) is 7.61. The number of amides is 2. The van der Waals surface area contributed by atoms with Gasteiger partial charge in [0.15, 0.2) is 11.5 Å². The fourth-order valence-electron chi connectivity index (χ4n) is 2.40. The van der Waals surface area contributed by atoms with E-state index in [1.165, 1.54) is 0 Å². The Morgan fingerprint density at radius 3 is 2.81 bits per heavy atom. The van der Waals surface area contributed by atoms with Gasteiger partial charge in [0.2, 0.25) is 6.79 Å². The van der Waals surface area contributed by atoms with Gasteiger partial charge in [-0.2, -0.15) is 0 Å². The molecule has 0 spiro atoms. The molecule has 5 nitrogen and oxygen atoms in total. The molecule has 1 saturated carbocycles. The lowest BCUT2D eigenvalue weighted by Crippen LogP contribution is -2.37. The Hall–Kier alpha value is -1.91. The predicted octanol–water partition coefficient (Wildman–Crippen LogP) is 3.46. The molecule has 1 fully saturated rings. The summed E-state index contributed by atoms with van der Waals surface area (Å²) in [5, 5.41) is 2.97. The van der Waals surface area contributed by atoms with Crippen molar-refractivity contribution in [3.8, 4) is 11.5 Å². The van der Waals surface area contributed by atoms with Gasteiger partial charge < -0.3 is 19.7 Å². The molecular weight excluding hydrogens is 268 g/mol. The third-order valence-corrected chi connectivity index (χ3v) is 3.82. The highest BCUT2D eigenvalue weighted by Gasteiger charge is 2.32. The number of hydrogen-bond donors (Lipinski definition) is 1. The van der Waals surface area contributed by atoms with Crippen molar-refractivity contribution in [2.45, 2.75) is 39.2 Å². The van der Waals surface area contributed by atoms with E-state index < -0.39 is 0 Å². The summed E-state index contributed by atoms with van der Waals surface area (Å²) in [7, 11) is 0. The number of hydrogen-bond acceptors (Lipinski definition) is 3. The number of rotatable bonds is 5. The first-order valence-corrected chi connectivity index (χ1v) is 7.61. The monoisotopic (exact) mass is 290 g/mol. The van der Waals surface area contributed by atoms with Gasteiger partial charge in [-0.15, -0.1) is 0 Å². The summed E-state index contributed by atoms with van der Waals surface area (Å²) < 4.78 is 10.6. The van der Waals surface area contributed by atoms with Crippen molar-refractivity contribution in [3.63, 3.8) is 0 Å². The van der Waals surface area contributed by atoms with E-state index in [-0.39, 0.29) is 12.8 Å². The maximum Gasteiger partial charge on any atom is 0.322 e. The number of carbonyl (C=O) groups is 1. The number of carbonyl (C=O) groups excluding carboxylic acids is 1. The minimum atomic E-state index is -0.0167. The van der Waals surface area contributed by atoms with Crippen LogP contribution in [-0.2, 0) is 0 Å². The molecule has 21 heavy (non-hydrogen) atoms. The van der Waals surface area contributed by atoms with Crippen LogP contribution in [0.15, 0.2) is 18.2 Å². The Balaban J connectivity index is 1.63. The molecule has 3 rings (SSSR count). The zero-order valence-electron chi connectivity index (χ0n) is 12.6. The fraction of sp³-hybridized carbons (Fsp3) is 0.562. The lowest BCUT2D eigenvalue weighted by Gasteiger charge is -2.23. The smallest absolute Gasteiger partial charge is 0.322 e. The topological polar surface area (TPSA) is 50.8 Å². The lowest BCUT2D eigenvalue weighted by molar-refractivity contribution is 0.174. The average molecular weight is 290 g/mol. The molecule has 5 heteroatoms. The van der Waals surface area contributed by atoms with Gasteiger partial charge >= 0.3 is 6.03 Å². The van der Waals surface area contributed by atoms with E-state index in [1.54, 1.807) is 0 Å². The van der Waals surface area contributed by atoms with Crippen LogP contribution in [0.25, 0.3) is 0 Å². The van der Waals surface area contributed by atoms with Crippen LogP contribution in [0, 0.1) is 5.92 Å². The molecule has 0 saturated heterocycles. The summed E-state index contributed by atoms with van der Waals surface area (Å²) in [4.78, 5) is 14.4. The number of nitrogens with zero attached hydrogens (tertiary/aromatic N) is 1. The number of fused-ring (bicyclic) bond motifs is 1.